The average Bonchev–Trinajstić information content (AvgIpc) is 1.96. The largest absolute Gasteiger partial charge is 0.336 e. The van der Waals surface area contributed by atoms with Gasteiger partial charge in [-0.15, -0.1) is 0 Å². The smallest absolute Gasteiger partial charge is 0.288 e. The van der Waals surface area contributed by atoms with E-state index in [-0.39, 0.29) is 17.7 Å². The number of hydrogen-bond donors (Lipinski definition) is 2. The second kappa shape index (κ2) is 4.71. The highest BCUT2D eigenvalue weighted by atomic mass is 32.2. The van der Waals surface area contributed by atoms with E-state index in [0.29, 0.717) is 6.42 Å². The van der Waals surface area contributed by atoms with Crippen LogP contribution in [0.2, 0.25) is 0 Å². The molecule has 0 heterocycles. The van der Waals surface area contributed by atoms with E-state index < -0.39 is 15.0 Å². The molecular weight excluding hydrogens is 230 g/mol. The molecule has 0 aliphatic heterocycles. The van der Waals surface area contributed by atoms with Gasteiger partial charge in [0.25, 0.3) is 10.1 Å². The van der Waals surface area contributed by atoms with E-state index in [1.807, 2.05) is 20.8 Å². The van der Waals surface area contributed by atoms with Crippen molar-refractivity contribution < 1.29 is 17.8 Å². The Morgan fingerprint density at radius 3 is 1.94 bits per heavy atom. The predicted octanol–water partition coefficient (Wildman–Crippen LogP) is 1.55. The first-order chi connectivity index (χ1) is 6.85. The number of carbonyl (C=O) groups excluding carboxylic acids is 1. The SMILES string of the molecule is CC(C)(C)CCC(=O)NC(C)(C)S(=O)(=O)O. The van der Waals surface area contributed by atoms with Gasteiger partial charge >= 0.3 is 0 Å². The third-order valence-corrected chi connectivity index (χ3v) is 3.58. The van der Waals surface area contributed by atoms with Gasteiger partial charge in [0.1, 0.15) is 0 Å². The van der Waals surface area contributed by atoms with Crippen LogP contribution in [0.5, 0.6) is 0 Å². The van der Waals surface area contributed by atoms with Crippen LogP contribution in [0.4, 0.5) is 0 Å². The van der Waals surface area contributed by atoms with E-state index in [2.05, 4.69) is 5.32 Å². The number of carbonyl (C=O) groups is 1. The summed E-state index contributed by atoms with van der Waals surface area (Å²) < 4.78 is 30.7. The molecule has 0 aromatic heterocycles. The van der Waals surface area contributed by atoms with Gasteiger partial charge in [-0.1, -0.05) is 20.8 Å². The Hall–Kier alpha value is -0.620. The summed E-state index contributed by atoms with van der Waals surface area (Å²) in [5.74, 6) is -0.377. The zero-order valence-corrected chi connectivity index (χ0v) is 11.3. The molecule has 6 heteroatoms. The van der Waals surface area contributed by atoms with Gasteiger partial charge in [0.05, 0.1) is 0 Å². The molecule has 0 radical (unpaired) electrons. The van der Waals surface area contributed by atoms with Crippen molar-refractivity contribution in [3.8, 4) is 0 Å². The van der Waals surface area contributed by atoms with Crippen molar-refractivity contribution in [1.82, 2.24) is 5.32 Å². The molecule has 0 aromatic rings. The first-order valence-corrected chi connectivity index (χ1v) is 6.57. The van der Waals surface area contributed by atoms with Crippen molar-refractivity contribution in [3.63, 3.8) is 0 Å². The molecule has 0 spiro atoms. The van der Waals surface area contributed by atoms with Crippen LogP contribution < -0.4 is 5.32 Å². The lowest BCUT2D eigenvalue weighted by Gasteiger charge is -2.24. The molecule has 0 aliphatic carbocycles. The Labute approximate surface area is 97.4 Å². The van der Waals surface area contributed by atoms with Crippen LogP contribution in [-0.2, 0) is 14.9 Å². The van der Waals surface area contributed by atoms with Crippen LogP contribution in [0.3, 0.4) is 0 Å². The second-order valence-electron chi connectivity index (χ2n) is 5.59. The molecule has 0 aromatic carbocycles. The van der Waals surface area contributed by atoms with E-state index >= 15 is 0 Å². The zero-order valence-electron chi connectivity index (χ0n) is 10.5. The first-order valence-electron chi connectivity index (χ1n) is 5.13. The van der Waals surface area contributed by atoms with Crippen LogP contribution >= 0.6 is 0 Å². The molecule has 1 amide bonds. The van der Waals surface area contributed by atoms with Gasteiger partial charge in [-0.3, -0.25) is 9.35 Å². The van der Waals surface area contributed by atoms with Gasteiger partial charge in [-0.05, 0) is 25.7 Å². The van der Waals surface area contributed by atoms with E-state index in [0.717, 1.165) is 0 Å². The lowest BCUT2D eigenvalue weighted by molar-refractivity contribution is -0.122. The molecule has 16 heavy (non-hydrogen) atoms. The van der Waals surface area contributed by atoms with Crippen molar-refractivity contribution >= 4 is 16.0 Å². The quantitative estimate of drug-likeness (QED) is 0.743. The Morgan fingerprint density at radius 1 is 1.19 bits per heavy atom. The summed E-state index contributed by atoms with van der Waals surface area (Å²) in [6.07, 6.45) is 0.892. The van der Waals surface area contributed by atoms with E-state index in [1.54, 1.807) is 0 Å². The summed E-state index contributed by atoms with van der Waals surface area (Å²) in [5, 5.41) is 2.29. The molecule has 0 fully saturated rings. The second-order valence-corrected chi connectivity index (χ2v) is 7.56. The van der Waals surface area contributed by atoms with Crippen LogP contribution in [-0.4, -0.2) is 23.7 Å². The van der Waals surface area contributed by atoms with Crippen LogP contribution in [0.1, 0.15) is 47.5 Å². The minimum Gasteiger partial charge on any atom is -0.336 e. The molecule has 0 saturated carbocycles. The van der Waals surface area contributed by atoms with Crippen molar-refractivity contribution in [2.75, 3.05) is 0 Å². The minimum absolute atomic E-state index is 0.0135. The molecule has 0 aliphatic rings. The number of nitrogens with one attached hydrogen (secondary N) is 1. The van der Waals surface area contributed by atoms with Gasteiger partial charge in [0.15, 0.2) is 4.87 Å². The van der Waals surface area contributed by atoms with Gasteiger partial charge in [-0.2, -0.15) is 8.42 Å². The Balaban J connectivity index is 4.38. The molecule has 2 N–H and O–H groups in total. The molecule has 0 unspecified atom stereocenters. The molecule has 0 saturated heterocycles. The molecule has 5 nitrogen and oxygen atoms in total. The number of rotatable bonds is 4. The van der Waals surface area contributed by atoms with Crippen LogP contribution in [0.25, 0.3) is 0 Å². The minimum atomic E-state index is -4.28. The fourth-order valence-electron chi connectivity index (χ4n) is 0.951. The Morgan fingerprint density at radius 2 is 1.62 bits per heavy atom. The summed E-state index contributed by atoms with van der Waals surface area (Å²) in [6, 6.07) is 0. The summed E-state index contributed by atoms with van der Waals surface area (Å²) in [6.45, 7) is 8.48. The van der Waals surface area contributed by atoms with Crippen LogP contribution in [0, 0.1) is 5.41 Å². The van der Waals surface area contributed by atoms with Gasteiger partial charge in [0, 0.05) is 6.42 Å². The lowest BCUT2D eigenvalue weighted by atomic mass is 9.90. The maximum absolute atomic E-state index is 11.5. The maximum atomic E-state index is 11.5. The van der Waals surface area contributed by atoms with E-state index in [1.165, 1.54) is 13.8 Å². The third-order valence-electron chi connectivity index (χ3n) is 2.19. The van der Waals surface area contributed by atoms with Crippen molar-refractivity contribution in [3.05, 3.63) is 0 Å². The monoisotopic (exact) mass is 251 g/mol. The fourth-order valence-corrected chi connectivity index (χ4v) is 1.19. The van der Waals surface area contributed by atoms with Crippen molar-refractivity contribution in [1.29, 1.82) is 0 Å². The van der Waals surface area contributed by atoms with Gasteiger partial charge < -0.3 is 5.32 Å². The average molecular weight is 251 g/mol. The molecule has 0 atom stereocenters. The fraction of sp³-hybridized carbons (Fsp3) is 0.900. The molecular formula is C10H21NO4S. The highest BCUT2D eigenvalue weighted by Crippen LogP contribution is 2.21. The highest BCUT2D eigenvalue weighted by Gasteiger charge is 2.34. The first kappa shape index (κ1) is 15.4. The summed E-state index contributed by atoms with van der Waals surface area (Å²) >= 11 is 0. The zero-order chi connectivity index (χ0) is 13.2. The predicted molar refractivity (Wildman–Crippen MR) is 62.5 cm³/mol. The molecule has 0 bridgehead atoms. The highest BCUT2D eigenvalue weighted by molar-refractivity contribution is 7.87. The summed E-state index contributed by atoms with van der Waals surface area (Å²) in [4.78, 5) is 9.83. The maximum Gasteiger partial charge on any atom is 0.288 e. The lowest BCUT2D eigenvalue weighted by Crippen LogP contribution is -2.49. The summed E-state index contributed by atoms with van der Waals surface area (Å²) in [7, 11) is -4.28. The Kier molecular flexibility index (Phi) is 4.53. The Bertz CT molecular complexity index is 352. The van der Waals surface area contributed by atoms with E-state index in [4.69, 9.17) is 4.55 Å². The van der Waals surface area contributed by atoms with Crippen LogP contribution in [0.15, 0.2) is 0 Å². The van der Waals surface area contributed by atoms with Crippen molar-refractivity contribution in [2.45, 2.75) is 52.3 Å². The van der Waals surface area contributed by atoms with Gasteiger partial charge in [-0.25, -0.2) is 0 Å². The molecule has 96 valence electrons. The number of amides is 1. The topological polar surface area (TPSA) is 83.5 Å². The number of hydrogen-bond acceptors (Lipinski definition) is 3. The standard InChI is InChI=1S/C10H21NO4S/c1-9(2,3)7-6-8(12)11-10(4,5)16(13,14)15/h6-7H2,1-5H3,(H,11,12)(H,13,14,15). The third kappa shape index (κ3) is 5.46. The van der Waals surface area contributed by atoms with E-state index in [9.17, 15) is 13.2 Å². The summed E-state index contributed by atoms with van der Waals surface area (Å²) in [5.41, 5.74) is 0.0135. The van der Waals surface area contributed by atoms with Gasteiger partial charge in [0.2, 0.25) is 5.91 Å². The normalized spacial score (nSPS) is 13.6. The molecule has 0 rings (SSSR count). The van der Waals surface area contributed by atoms with Crippen molar-refractivity contribution in [2.24, 2.45) is 5.41 Å².